The molecule has 2 aliphatic rings. The van der Waals surface area contributed by atoms with E-state index in [1.807, 2.05) is 81.4 Å². The fourth-order valence-electron chi connectivity index (χ4n) is 4.98. The molecule has 1 aliphatic carbocycles. The minimum absolute atomic E-state index is 0.120. The standard InChI is InChI=1S/C31H32N4O4/c1-30(2,3)34-29(37)39-31(15-7-16-31)23-13-11-22(12-14-23)27-24(21-9-5-4-6-10-21)19-25-28(33-27)38-20-26(36)35(25)18-8-17-32/h4-6,9-14,19H,7-8,15-16,18,20H2,1-3H3,(H,34,37). The molecular formula is C31H32N4O4. The molecule has 1 aromatic heterocycles. The molecule has 5 rings (SSSR count). The summed E-state index contributed by atoms with van der Waals surface area (Å²) in [5, 5.41) is 12.0. The van der Waals surface area contributed by atoms with Crippen molar-refractivity contribution in [2.75, 3.05) is 18.1 Å². The molecular weight excluding hydrogens is 492 g/mol. The zero-order chi connectivity index (χ0) is 27.6. The van der Waals surface area contributed by atoms with Crippen molar-refractivity contribution in [3.63, 3.8) is 0 Å². The van der Waals surface area contributed by atoms with Crippen LogP contribution >= 0.6 is 0 Å². The van der Waals surface area contributed by atoms with Crippen molar-refractivity contribution in [3.8, 4) is 34.3 Å². The van der Waals surface area contributed by atoms with Gasteiger partial charge in [-0.3, -0.25) is 4.79 Å². The van der Waals surface area contributed by atoms with Crippen LogP contribution in [0.15, 0.2) is 60.7 Å². The predicted octanol–water partition coefficient (Wildman–Crippen LogP) is 5.96. The van der Waals surface area contributed by atoms with Gasteiger partial charge in [0.15, 0.2) is 6.61 Å². The van der Waals surface area contributed by atoms with Crippen LogP contribution < -0.4 is 15.0 Å². The molecule has 2 aromatic carbocycles. The number of rotatable bonds is 6. The lowest BCUT2D eigenvalue weighted by atomic mass is 9.74. The maximum absolute atomic E-state index is 12.6. The number of nitriles is 1. The van der Waals surface area contributed by atoms with Crippen LogP contribution in [0, 0.1) is 11.3 Å². The van der Waals surface area contributed by atoms with Gasteiger partial charge < -0.3 is 19.7 Å². The normalized spacial score (nSPS) is 15.8. The Labute approximate surface area is 228 Å². The SMILES string of the molecule is CC(C)(C)NC(=O)OC1(c2ccc(-c3nc4c(cc3-c3ccccc3)N(CCC#N)C(=O)CO4)cc2)CCC1. The van der Waals surface area contributed by atoms with Gasteiger partial charge in [0.05, 0.1) is 18.2 Å². The third-order valence-corrected chi connectivity index (χ3v) is 7.04. The van der Waals surface area contributed by atoms with E-state index in [1.165, 1.54) is 0 Å². The average Bonchev–Trinajstić information content (AvgIpc) is 2.89. The van der Waals surface area contributed by atoms with Gasteiger partial charge in [0.1, 0.15) is 11.3 Å². The van der Waals surface area contributed by atoms with E-state index in [0.717, 1.165) is 47.2 Å². The number of ether oxygens (including phenoxy) is 2. The van der Waals surface area contributed by atoms with Gasteiger partial charge in [-0.25, -0.2) is 9.78 Å². The van der Waals surface area contributed by atoms with Crippen LogP contribution in [-0.2, 0) is 15.1 Å². The molecule has 2 heterocycles. The van der Waals surface area contributed by atoms with E-state index in [-0.39, 0.29) is 31.0 Å². The van der Waals surface area contributed by atoms with Gasteiger partial charge in [-0.1, -0.05) is 54.6 Å². The Hall–Kier alpha value is -4.38. The highest BCUT2D eigenvalue weighted by Crippen LogP contribution is 2.46. The summed E-state index contributed by atoms with van der Waals surface area (Å²) in [5.74, 6) is 0.168. The van der Waals surface area contributed by atoms with Crippen molar-refractivity contribution in [1.82, 2.24) is 10.3 Å². The summed E-state index contributed by atoms with van der Waals surface area (Å²) in [5.41, 5.74) is 3.88. The Balaban J connectivity index is 1.52. The second-order valence-electron chi connectivity index (χ2n) is 11.0. The summed E-state index contributed by atoms with van der Waals surface area (Å²) in [6.07, 6.45) is 2.34. The van der Waals surface area contributed by atoms with Crippen LogP contribution in [0.2, 0.25) is 0 Å². The first-order chi connectivity index (χ1) is 18.7. The van der Waals surface area contributed by atoms with Crippen molar-refractivity contribution in [3.05, 3.63) is 66.2 Å². The molecule has 200 valence electrons. The molecule has 1 aliphatic heterocycles. The predicted molar refractivity (Wildman–Crippen MR) is 148 cm³/mol. The van der Waals surface area contributed by atoms with Crippen LogP contribution in [0.25, 0.3) is 22.4 Å². The maximum Gasteiger partial charge on any atom is 0.408 e. The van der Waals surface area contributed by atoms with Gasteiger partial charge >= 0.3 is 6.09 Å². The maximum atomic E-state index is 12.6. The molecule has 0 saturated heterocycles. The highest BCUT2D eigenvalue weighted by Gasteiger charge is 2.43. The Kier molecular flexibility index (Phi) is 7.00. The van der Waals surface area contributed by atoms with Crippen molar-refractivity contribution in [1.29, 1.82) is 5.26 Å². The minimum Gasteiger partial charge on any atom is -0.466 e. The average molecular weight is 525 g/mol. The molecule has 1 fully saturated rings. The number of carbonyl (C=O) groups excluding carboxylic acids is 2. The lowest BCUT2D eigenvalue weighted by molar-refractivity contribution is -0.121. The lowest BCUT2D eigenvalue weighted by Crippen LogP contribution is -2.47. The van der Waals surface area contributed by atoms with E-state index in [2.05, 4.69) is 11.4 Å². The van der Waals surface area contributed by atoms with E-state index in [0.29, 0.717) is 11.6 Å². The van der Waals surface area contributed by atoms with Crippen LogP contribution in [0.1, 0.15) is 52.0 Å². The zero-order valence-electron chi connectivity index (χ0n) is 22.5. The van der Waals surface area contributed by atoms with Crippen molar-refractivity contribution >= 4 is 17.7 Å². The van der Waals surface area contributed by atoms with Gasteiger partial charge in [-0.15, -0.1) is 0 Å². The molecule has 0 spiro atoms. The summed E-state index contributed by atoms with van der Waals surface area (Å²) in [7, 11) is 0. The Bertz CT molecular complexity index is 1420. The van der Waals surface area contributed by atoms with Gasteiger partial charge in [-0.2, -0.15) is 5.26 Å². The number of carbonyl (C=O) groups is 2. The second kappa shape index (κ2) is 10.4. The first kappa shape index (κ1) is 26.2. The Morgan fingerprint density at radius 3 is 2.46 bits per heavy atom. The van der Waals surface area contributed by atoms with Crippen LogP contribution in [0.4, 0.5) is 10.5 Å². The largest absolute Gasteiger partial charge is 0.466 e. The number of aromatic nitrogens is 1. The molecule has 1 saturated carbocycles. The van der Waals surface area contributed by atoms with Gasteiger partial charge in [-0.05, 0) is 57.2 Å². The van der Waals surface area contributed by atoms with E-state index in [4.69, 9.17) is 19.7 Å². The number of nitrogens with one attached hydrogen (secondary N) is 1. The highest BCUT2D eigenvalue weighted by atomic mass is 16.6. The summed E-state index contributed by atoms with van der Waals surface area (Å²) in [6.45, 7) is 5.93. The smallest absolute Gasteiger partial charge is 0.408 e. The fraction of sp³-hybridized carbons (Fsp3) is 0.355. The van der Waals surface area contributed by atoms with Gasteiger partial charge in [0, 0.05) is 23.2 Å². The zero-order valence-corrected chi connectivity index (χ0v) is 22.5. The van der Waals surface area contributed by atoms with E-state index in [9.17, 15) is 9.59 Å². The molecule has 0 atom stereocenters. The monoisotopic (exact) mass is 524 g/mol. The molecule has 0 unspecified atom stereocenters. The first-order valence-electron chi connectivity index (χ1n) is 13.2. The second-order valence-corrected chi connectivity index (χ2v) is 11.0. The molecule has 8 nitrogen and oxygen atoms in total. The van der Waals surface area contributed by atoms with Gasteiger partial charge in [0.2, 0.25) is 5.88 Å². The topological polar surface area (TPSA) is 105 Å². The number of nitrogens with zero attached hydrogens (tertiary/aromatic N) is 3. The minimum atomic E-state index is -0.635. The van der Waals surface area contributed by atoms with Crippen molar-refractivity contribution in [2.24, 2.45) is 0 Å². The summed E-state index contributed by atoms with van der Waals surface area (Å²) < 4.78 is 11.7. The molecule has 0 bridgehead atoms. The van der Waals surface area contributed by atoms with Crippen LogP contribution in [-0.4, -0.2) is 35.7 Å². The third-order valence-electron chi connectivity index (χ3n) is 7.04. The number of benzene rings is 2. The molecule has 1 N–H and O–H groups in total. The highest BCUT2D eigenvalue weighted by molar-refractivity contribution is 5.99. The molecule has 2 amide bonds. The Morgan fingerprint density at radius 2 is 1.85 bits per heavy atom. The van der Waals surface area contributed by atoms with Crippen molar-refractivity contribution in [2.45, 2.75) is 57.6 Å². The van der Waals surface area contributed by atoms with E-state index < -0.39 is 11.7 Å². The number of hydrogen-bond donors (Lipinski definition) is 1. The molecule has 39 heavy (non-hydrogen) atoms. The quantitative estimate of drug-likeness (QED) is 0.427. The fourth-order valence-corrected chi connectivity index (χ4v) is 4.98. The summed E-state index contributed by atoms with van der Waals surface area (Å²) in [4.78, 5) is 31.6. The number of alkyl carbamates (subject to hydrolysis) is 1. The van der Waals surface area contributed by atoms with Crippen molar-refractivity contribution < 1.29 is 19.1 Å². The van der Waals surface area contributed by atoms with Gasteiger partial charge in [0.25, 0.3) is 5.91 Å². The third kappa shape index (κ3) is 5.44. The summed E-state index contributed by atoms with van der Waals surface area (Å²) in [6, 6.07) is 21.9. The lowest BCUT2D eigenvalue weighted by Gasteiger charge is -2.42. The van der Waals surface area contributed by atoms with Crippen LogP contribution in [0.3, 0.4) is 0 Å². The number of hydrogen-bond acceptors (Lipinski definition) is 6. The number of pyridine rings is 1. The number of anilines is 1. The Morgan fingerprint density at radius 1 is 1.13 bits per heavy atom. The van der Waals surface area contributed by atoms with E-state index >= 15 is 0 Å². The first-order valence-corrected chi connectivity index (χ1v) is 13.2. The molecule has 0 radical (unpaired) electrons. The molecule has 8 heteroatoms. The molecule has 3 aromatic rings. The van der Waals surface area contributed by atoms with E-state index in [1.54, 1.807) is 4.90 Å². The van der Waals surface area contributed by atoms with Crippen LogP contribution in [0.5, 0.6) is 5.88 Å². The number of fused-ring (bicyclic) bond motifs is 1. The summed E-state index contributed by atoms with van der Waals surface area (Å²) >= 11 is 0. The number of amides is 2.